The first-order valence-electron chi connectivity index (χ1n) is 22.9. The minimum absolute atomic E-state index is 0.128. The van der Waals surface area contributed by atoms with E-state index in [4.69, 9.17) is 14.2 Å². The van der Waals surface area contributed by atoms with Crippen molar-refractivity contribution < 1.29 is 28.6 Å². The van der Waals surface area contributed by atoms with Crippen molar-refractivity contribution >= 4 is 17.9 Å². The van der Waals surface area contributed by atoms with Gasteiger partial charge in [0.2, 0.25) is 0 Å². The Labute approximate surface area is 344 Å². The van der Waals surface area contributed by atoms with Gasteiger partial charge in [0.15, 0.2) is 6.10 Å². The minimum atomic E-state index is -0.826. The Morgan fingerprint density at radius 3 is 1.30 bits per heavy atom. The highest BCUT2D eigenvalue weighted by Gasteiger charge is 2.19. The van der Waals surface area contributed by atoms with Gasteiger partial charge in [-0.25, -0.2) is 0 Å². The van der Waals surface area contributed by atoms with Crippen LogP contribution < -0.4 is 0 Å². The lowest BCUT2D eigenvalue weighted by atomic mass is 10.0. The molecule has 1 atom stereocenters. The highest BCUT2D eigenvalue weighted by Crippen LogP contribution is 2.14. The molecule has 0 heterocycles. The molecule has 320 valence electrons. The van der Waals surface area contributed by atoms with E-state index in [1.807, 2.05) is 6.08 Å². The number of hydrogen-bond acceptors (Lipinski definition) is 6. The quantitative estimate of drug-likeness (QED) is 0.0267. The molecule has 6 heteroatoms. The van der Waals surface area contributed by atoms with Crippen LogP contribution in [-0.2, 0) is 28.6 Å². The molecule has 1 unspecified atom stereocenters. The Balaban J connectivity index is 4.48. The van der Waals surface area contributed by atoms with Crippen LogP contribution in [0.1, 0.15) is 207 Å². The van der Waals surface area contributed by atoms with E-state index in [-0.39, 0.29) is 38.0 Å². The molecule has 0 spiro atoms. The van der Waals surface area contributed by atoms with Gasteiger partial charge in [-0.1, -0.05) is 196 Å². The van der Waals surface area contributed by atoms with Crippen LogP contribution in [-0.4, -0.2) is 37.2 Å². The largest absolute Gasteiger partial charge is 0.462 e. The Bertz CT molecular complexity index is 1080. The standard InChI is InChI=1S/C50H84O6/c1-4-7-10-13-16-19-21-23-24-25-26-27-29-31-34-37-40-43-49(52)55-46-47(45-54-48(51)42-39-36-33-30-18-15-12-9-6-3)56-50(53)44-41-38-35-32-28-22-20-17-14-11-8-5-2/h9,12,18,23-24,26-27,30-31,34,36,39,47H,4-8,10-11,13-17,19-22,25,28-29,32-33,35,37-38,40-46H2,1-3H3/b12-9-,24-23-,27-26-,30-18-,34-31-,39-36-. The Morgan fingerprint density at radius 1 is 0.393 bits per heavy atom. The molecule has 0 N–H and O–H groups in total. The van der Waals surface area contributed by atoms with Gasteiger partial charge in [-0.15, -0.1) is 0 Å². The molecule has 0 rings (SSSR count). The van der Waals surface area contributed by atoms with Crippen LogP contribution in [0.3, 0.4) is 0 Å². The van der Waals surface area contributed by atoms with Gasteiger partial charge in [0, 0.05) is 12.8 Å². The van der Waals surface area contributed by atoms with E-state index >= 15 is 0 Å². The van der Waals surface area contributed by atoms with Crippen molar-refractivity contribution in [1.82, 2.24) is 0 Å². The van der Waals surface area contributed by atoms with E-state index in [1.165, 1.54) is 103 Å². The first kappa shape index (κ1) is 52.9. The lowest BCUT2D eigenvalue weighted by molar-refractivity contribution is -0.166. The van der Waals surface area contributed by atoms with Gasteiger partial charge in [0.1, 0.15) is 13.2 Å². The zero-order chi connectivity index (χ0) is 40.8. The number of rotatable bonds is 40. The molecule has 0 aromatic carbocycles. The van der Waals surface area contributed by atoms with Crippen LogP contribution in [0, 0.1) is 0 Å². The molecule has 0 aliphatic carbocycles. The first-order valence-corrected chi connectivity index (χ1v) is 22.9. The summed E-state index contributed by atoms with van der Waals surface area (Å²) in [5.74, 6) is -1.11. The number of esters is 3. The van der Waals surface area contributed by atoms with Crippen molar-refractivity contribution in [2.24, 2.45) is 0 Å². The Kier molecular flexibility index (Phi) is 42.1. The van der Waals surface area contributed by atoms with E-state index < -0.39 is 12.1 Å². The average Bonchev–Trinajstić information content (AvgIpc) is 3.19. The van der Waals surface area contributed by atoms with Gasteiger partial charge in [0.05, 0.1) is 6.42 Å². The SMILES string of the molecule is CC/C=C\C/C=C\C/C=C\CC(=O)OCC(COC(=O)CCC/C=C\C/C=C\C/C=C\CCCCCCCC)OC(=O)CCCCCCCCCCCCCC. The first-order chi connectivity index (χ1) is 27.5. The predicted molar refractivity (Wildman–Crippen MR) is 238 cm³/mol. The summed E-state index contributed by atoms with van der Waals surface area (Å²) in [4.78, 5) is 37.6. The summed E-state index contributed by atoms with van der Waals surface area (Å²) < 4.78 is 16.5. The van der Waals surface area contributed by atoms with Crippen LogP contribution in [0.25, 0.3) is 0 Å². The summed E-state index contributed by atoms with van der Waals surface area (Å²) in [5, 5.41) is 0. The van der Waals surface area contributed by atoms with Crippen molar-refractivity contribution in [1.29, 1.82) is 0 Å². The number of carbonyl (C=O) groups is 3. The van der Waals surface area contributed by atoms with Crippen molar-refractivity contribution in [2.75, 3.05) is 13.2 Å². The normalized spacial score (nSPS) is 12.7. The number of carbonyl (C=O) groups excluding carboxylic acids is 3. The highest BCUT2D eigenvalue weighted by atomic mass is 16.6. The topological polar surface area (TPSA) is 78.9 Å². The second-order valence-corrected chi connectivity index (χ2v) is 14.9. The summed E-state index contributed by atoms with van der Waals surface area (Å²) in [6.07, 6.45) is 55.0. The van der Waals surface area contributed by atoms with Gasteiger partial charge >= 0.3 is 17.9 Å². The van der Waals surface area contributed by atoms with E-state index in [1.54, 1.807) is 6.08 Å². The Hall–Kier alpha value is -3.15. The van der Waals surface area contributed by atoms with E-state index in [0.29, 0.717) is 12.8 Å². The summed E-state index contributed by atoms with van der Waals surface area (Å²) in [6.45, 7) is 6.35. The van der Waals surface area contributed by atoms with Gasteiger partial charge in [-0.3, -0.25) is 14.4 Å². The highest BCUT2D eigenvalue weighted by molar-refractivity contribution is 5.72. The average molecular weight is 781 g/mol. The molecule has 0 amide bonds. The minimum Gasteiger partial charge on any atom is -0.462 e. The molecule has 6 nitrogen and oxygen atoms in total. The summed E-state index contributed by atoms with van der Waals surface area (Å²) >= 11 is 0. The number of unbranched alkanes of at least 4 members (excludes halogenated alkanes) is 18. The third-order valence-corrected chi connectivity index (χ3v) is 9.48. The van der Waals surface area contributed by atoms with Gasteiger partial charge in [-0.2, -0.15) is 0 Å². The molecule has 0 aliphatic rings. The molecule has 56 heavy (non-hydrogen) atoms. The fourth-order valence-electron chi connectivity index (χ4n) is 6.05. The third-order valence-electron chi connectivity index (χ3n) is 9.48. The number of allylic oxidation sites excluding steroid dienone is 11. The van der Waals surface area contributed by atoms with Crippen molar-refractivity contribution in [3.63, 3.8) is 0 Å². The van der Waals surface area contributed by atoms with Crippen LogP contribution in [0.15, 0.2) is 72.9 Å². The molecule has 0 saturated heterocycles. The molecule has 0 aliphatic heterocycles. The summed E-state index contributed by atoms with van der Waals surface area (Å²) in [7, 11) is 0. The lowest BCUT2D eigenvalue weighted by Crippen LogP contribution is -2.30. The molecule has 0 fully saturated rings. The molecule has 0 aromatic heterocycles. The van der Waals surface area contributed by atoms with Crippen LogP contribution in [0.4, 0.5) is 0 Å². The van der Waals surface area contributed by atoms with E-state index in [2.05, 4.69) is 81.5 Å². The number of hydrogen-bond donors (Lipinski definition) is 0. The van der Waals surface area contributed by atoms with Crippen molar-refractivity contribution in [3.8, 4) is 0 Å². The monoisotopic (exact) mass is 781 g/mol. The van der Waals surface area contributed by atoms with E-state index in [9.17, 15) is 14.4 Å². The molecule has 0 radical (unpaired) electrons. The fraction of sp³-hybridized carbons (Fsp3) is 0.700. The van der Waals surface area contributed by atoms with Gasteiger partial charge in [-0.05, 0) is 64.2 Å². The second-order valence-electron chi connectivity index (χ2n) is 14.9. The second kappa shape index (κ2) is 44.6. The maximum atomic E-state index is 12.7. The van der Waals surface area contributed by atoms with Gasteiger partial charge in [0.25, 0.3) is 0 Å². The fourth-order valence-corrected chi connectivity index (χ4v) is 6.05. The molecule has 0 saturated carbocycles. The van der Waals surface area contributed by atoms with E-state index in [0.717, 1.165) is 57.8 Å². The van der Waals surface area contributed by atoms with Crippen molar-refractivity contribution in [2.45, 2.75) is 213 Å². The Morgan fingerprint density at radius 2 is 0.786 bits per heavy atom. The zero-order valence-corrected chi connectivity index (χ0v) is 36.4. The maximum absolute atomic E-state index is 12.7. The maximum Gasteiger partial charge on any atom is 0.309 e. The summed E-state index contributed by atoms with van der Waals surface area (Å²) in [5.41, 5.74) is 0. The molecular weight excluding hydrogens is 697 g/mol. The predicted octanol–water partition coefficient (Wildman–Crippen LogP) is 14.7. The van der Waals surface area contributed by atoms with Crippen LogP contribution in [0.5, 0.6) is 0 Å². The lowest BCUT2D eigenvalue weighted by Gasteiger charge is -2.18. The van der Waals surface area contributed by atoms with Crippen molar-refractivity contribution in [3.05, 3.63) is 72.9 Å². The molecular formula is C50H84O6. The van der Waals surface area contributed by atoms with Crippen LogP contribution >= 0.6 is 0 Å². The third kappa shape index (κ3) is 42.0. The van der Waals surface area contributed by atoms with Gasteiger partial charge < -0.3 is 14.2 Å². The molecule has 0 bridgehead atoms. The smallest absolute Gasteiger partial charge is 0.309 e. The molecule has 0 aromatic rings. The zero-order valence-electron chi connectivity index (χ0n) is 36.4. The van der Waals surface area contributed by atoms with Crippen LogP contribution in [0.2, 0.25) is 0 Å². The number of ether oxygens (including phenoxy) is 3. The summed E-state index contributed by atoms with van der Waals surface area (Å²) in [6, 6.07) is 0.